The lowest BCUT2D eigenvalue weighted by molar-refractivity contribution is -0.131. The van der Waals surface area contributed by atoms with Crippen LogP contribution in [0.2, 0.25) is 0 Å². The fraction of sp³-hybridized carbons (Fsp3) is 0.364. The van der Waals surface area contributed by atoms with Gasteiger partial charge in [0, 0.05) is 43.9 Å². The maximum absolute atomic E-state index is 12.4. The first-order valence-corrected chi connectivity index (χ1v) is 9.45. The largest absolute Gasteiger partial charge is 0.494 e. The maximum atomic E-state index is 12.4. The van der Waals surface area contributed by atoms with Gasteiger partial charge in [-0.15, -0.1) is 0 Å². The number of hydrogen-bond donors (Lipinski definition) is 0. The van der Waals surface area contributed by atoms with E-state index in [0.717, 1.165) is 31.9 Å². The zero-order chi connectivity index (χ0) is 19.1. The van der Waals surface area contributed by atoms with Crippen LogP contribution >= 0.6 is 0 Å². The fourth-order valence-electron chi connectivity index (χ4n) is 3.21. The van der Waals surface area contributed by atoms with E-state index in [4.69, 9.17) is 4.74 Å². The highest BCUT2D eigenvalue weighted by atomic mass is 16.5. The molecular weight excluding hydrogens is 340 g/mol. The van der Waals surface area contributed by atoms with Crippen molar-refractivity contribution in [2.45, 2.75) is 19.8 Å². The van der Waals surface area contributed by atoms with Crippen LogP contribution in [0.4, 0.5) is 5.69 Å². The number of nitrogens with zero attached hydrogens (tertiary/aromatic N) is 2. The third kappa shape index (κ3) is 5.33. The van der Waals surface area contributed by atoms with Crippen LogP contribution in [-0.2, 0) is 4.79 Å². The first-order chi connectivity index (χ1) is 13.1. The van der Waals surface area contributed by atoms with Crippen molar-refractivity contribution in [1.82, 2.24) is 4.90 Å². The van der Waals surface area contributed by atoms with Crippen molar-refractivity contribution in [2.75, 3.05) is 37.7 Å². The highest BCUT2D eigenvalue weighted by molar-refractivity contribution is 5.94. The summed E-state index contributed by atoms with van der Waals surface area (Å²) in [6.07, 6.45) is 1.18. The van der Waals surface area contributed by atoms with Gasteiger partial charge in [0.2, 0.25) is 5.91 Å². The monoisotopic (exact) mass is 366 g/mol. The normalized spacial score (nSPS) is 14.1. The number of ether oxygens (including phenoxy) is 1. The smallest absolute Gasteiger partial charge is 0.222 e. The van der Waals surface area contributed by atoms with E-state index < -0.39 is 0 Å². The van der Waals surface area contributed by atoms with Crippen LogP contribution in [0.3, 0.4) is 0 Å². The van der Waals surface area contributed by atoms with Gasteiger partial charge in [-0.2, -0.15) is 0 Å². The number of amides is 1. The number of carbonyl (C=O) groups excluding carboxylic acids is 2. The summed E-state index contributed by atoms with van der Waals surface area (Å²) >= 11 is 0. The Labute approximate surface area is 160 Å². The van der Waals surface area contributed by atoms with Crippen molar-refractivity contribution in [1.29, 1.82) is 0 Å². The van der Waals surface area contributed by atoms with Gasteiger partial charge in [-0.25, -0.2) is 0 Å². The van der Waals surface area contributed by atoms with E-state index in [1.807, 2.05) is 23.1 Å². The summed E-state index contributed by atoms with van der Waals surface area (Å²) in [5.74, 6) is 0.960. The number of carbonyl (C=O) groups is 2. The summed E-state index contributed by atoms with van der Waals surface area (Å²) in [5, 5.41) is 0. The Balaban J connectivity index is 1.36. The molecule has 27 heavy (non-hydrogen) atoms. The Hall–Kier alpha value is -2.82. The van der Waals surface area contributed by atoms with Crippen LogP contribution in [0.15, 0.2) is 54.6 Å². The molecule has 142 valence electrons. The number of piperazine rings is 1. The number of benzene rings is 2. The van der Waals surface area contributed by atoms with E-state index in [1.165, 1.54) is 5.69 Å². The number of hydrogen-bond acceptors (Lipinski definition) is 4. The van der Waals surface area contributed by atoms with E-state index in [0.29, 0.717) is 25.0 Å². The van der Waals surface area contributed by atoms with Crippen molar-refractivity contribution in [2.24, 2.45) is 0 Å². The molecule has 1 heterocycles. The van der Waals surface area contributed by atoms with Crippen molar-refractivity contribution < 1.29 is 14.3 Å². The molecule has 0 radical (unpaired) electrons. The second kappa shape index (κ2) is 9.21. The Bertz CT molecular complexity index is 751. The fourth-order valence-corrected chi connectivity index (χ4v) is 3.21. The van der Waals surface area contributed by atoms with Gasteiger partial charge < -0.3 is 14.5 Å². The average molecular weight is 366 g/mol. The number of Topliss-reactive ketones (excluding diaryl/α,β-unsaturated/α-hetero) is 1. The first-order valence-electron chi connectivity index (χ1n) is 9.45. The molecule has 5 heteroatoms. The molecule has 2 aromatic rings. The van der Waals surface area contributed by atoms with Gasteiger partial charge >= 0.3 is 0 Å². The maximum Gasteiger partial charge on any atom is 0.222 e. The Kier molecular flexibility index (Phi) is 6.47. The van der Waals surface area contributed by atoms with Crippen LogP contribution < -0.4 is 9.64 Å². The van der Waals surface area contributed by atoms with E-state index >= 15 is 0 Å². The van der Waals surface area contributed by atoms with Crippen molar-refractivity contribution in [3.63, 3.8) is 0 Å². The molecule has 1 amide bonds. The van der Waals surface area contributed by atoms with Gasteiger partial charge in [-0.05, 0) is 49.7 Å². The summed E-state index contributed by atoms with van der Waals surface area (Å²) < 4.78 is 5.66. The third-order valence-electron chi connectivity index (χ3n) is 4.82. The van der Waals surface area contributed by atoms with Gasteiger partial charge in [0.05, 0.1) is 6.61 Å². The molecule has 3 rings (SSSR count). The second-order valence-corrected chi connectivity index (χ2v) is 6.74. The van der Waals surface area contributed by atoms with Crippen molar-refractivity contribution in [3.05, 3.63) is 60.2 Å². The van der Waals surface area contributed by atoms with E-state index in [1.54, 1.807) is 31.2 Å². The molecule has 0 aliphatic carbocycles. The third-order valence-corrected chi connectivity index (χ3v) is 4.82. The van der Waals surface area contributed by atoms with Gasteiger partial charge in [-0.1, -0.05) is 18.2 Å². The molecule has 2 aromatic carbocycles. The Morgan fingerprint density at radius 2 is 1.59 bits per heavy atom. The van der Waals surface area contributed by atoms with E-state index in [9.17, 15) is 9.59 Å². The van der Waals surface area contributed by atoms with Crippen molar-refractivity contribution in [3.8, 4) is 5.75 Å². The molecule has 0 spiro atoms. The second-order valence-electron chi connectivity index (χ2n) is 6.74. The standard InChI is InChI=1S/C22H26N2O3/c1-18(25)19-9-11-21(12-10-19)27-17-5-8-22(26)24-15-13-23(14-16-24)20-6-3-2-4-7-20/h2-4,6-7,9-12H,5,8,13-17H2,1H3. The highest BCUT2D eigenvalue weighted by Gasteiger charge is 2.20. The predicted molar refractivity (Wildman–Crippen MR) is 106 cm³/mol. The molecule has 1 aliphatic rings. The predicted octanol–water partition coefficient (Wildman–Crippen LogP) is 3.40. The summed E-state index contributed by atoms with van der Waals surface area (Å²) in [6, 6.07) is 17.4. The summed E-state index contributed by atoms with van der Waals surface area (Å²) in [4.78, 5) is 27.9. The molecule has 0 aromatic heterocycles. The summed E-state index contributed by atoms with van der Waals surface area (Å²) in [7, 11) is 0. The van der Waals surface area contributed by atoms with Crippen LogP contribution in [0.1, 0.15) is 30.1 Å². The number of para-hydroxylation sites is 1. The number of ketones is 1. The van der Waals surface area contributed by atoms with Gasteiger partial charge in [0.15, 0.2) is 5.78 Å². The Morgan fingerprint density at radius 1 is 0.926 bits per heavy atom. The van der Waals surface area contributed by atoms with Crippen LogP contribution in [0.5, 0.6) is 5.75 Å². The number of anilines is 1. The lowest BCUT2D eigenvalue weighted by atomic mass is 10.1. The van der Waals surface area contributed by atoms with Crippen LogP contribution in [-0.4, -0.2) is 49.4 Å². The molecule has 0 N–H and O–H groups in total. The molecule has 0 unspecified atom stereocenters. The van der Waals surface area contributed by atoms with Crippen molar-refractivity contribution >= 4 is 17.4 Å². The minimum absolute atomic E-state index is 0.0412. The van der Waals surface area contributed by atoms with Gasteiger partial charge in [-0.3, -0.25) is 9.59 Å². The molecule has 0 saturated carbocycles. The van der Waals surface area contributed by atoms with Gasteiger partial charge in [0.1, 0.15) is 5.75 Å². The minimum Gasteiger partial charge on any atom is -0.494 e. The average Bonchev–Trinajstić information content (AvgIpc) is 2.72. The quantitative estimate of drug-likeness (QED) is 0.557. The first kappa shape index (κ1) is 19.0. The molecule has 0 atom stereocenters. The molecule has 0 bridgehead atoms. The van der Waals surface area contributed by atoms with Crippen LogP contribution in [0, 0.1) is 0 Å². The summed E-state index contributed by atoms with van der Waals surface area (Å²) in [5.41, 5.74) is 1.89. The number of rotatable bonds is 7. The SMILES string of the molecule is CC(=O)c1ccc(OCCCC(=O)N2CCN(c3ccccc3)CC2)cc1. The molecular formula is C22H26N2O3. The molecule has 1 aliphatic heterocycles. The lowest BCUT2D eigenvalue weighted by Gasteiger charge is -2.36. The topological polar surface area (TPSA) is 49.9 Å². The van der Waals surface area contributed by atoms with E-state index in [-0.39, 0.29) is 11.7 Å². The molecule has 1 fully saturated rings. The Morgan fingerprint density at radius 3 is 2.22 bits per heavy atom. The zero-order valence-electron chi connectivity index (χ0n) is 15.8. The zero-order valence-corrected chi connectivity index (χ0v) is 15.8. The minimum atomic E-state index is 0.0412. The van der Waals surface area contributed by atoms with Gasteiger partial charge in [0.25, 0.3) is 0 Å². The van der Waals surface area contributed by atoms with Crippen LogP contribution in [0.25, 0.3) is 0 Å². The van der Waals surface area contributed by atoms with E-state index in [2.05, 4.69) is 17.0 Å². The molecule has 1 saturated heterocycles. The summed E-state index contributed by atoms with van der Waals surface area (Å²) in [6.45, 7) is 5.31. The highest BCUT2D eigenvalue weighted by Crippen LogP contribution is 2.16. The molecule has 5 nitrogen and oxygen atoms in total. The lowest BCUT2D eigenvalue weighted by Crippen LogP contribution is -2.48.